The summed E-state index contributed by atoms with van der Waals surface area (Å²) in [5.41, 5.74) is 1.19. The van der Waals surface area contributed by atoms with Gasteiger partial charge in [-0.25, -0.2) is 9.97 Å². The molecule has 1 saturated heterocycles. The van der Waals surface area contributed by atoms with Crippen molar-refractivity contribution in [2.45, 2.75) is 71.8 Å². The molecule has 1 N–H and O–H groups in total. The summed E-state index contributed by atoms with van der Waals surface area (Å²) in [6, 6.07) is 0.650. The van der Waals surface area contributed by atoms with Crippen molar-refractivity contribution in [3.8, 4) is 0 Å². The summed E-state index contributed by atoms with van der Waals surface area (Å²) < 4.78 is 0. The SMILES string of the molecule is CCCc1nc(NC)c(C)c(N2CCCCC2CCC)n1. The van der Waals surface area contributed by atoms with Crippen molar-refractivity contribution in [3.63, 3.8) is 0 Å². The third kappa shape index (κ3) is 3.66. The van der Waals surface area contributed by atoms with Crippen LogP contribution in [0.15, 0.2) is 0 Å². The summed E-state index contributed by atoms with van der Waals surface area (Å²) in [6.07, 6.45) is 8.48. The first kappa shape index (κ1) is 16.1. The number of rotatable bonds is 6. The zero-order chi connectivity index (χ0) is 15.2. The molecule has 2 heterocycles. The van der Waals surface area contributed by atoms with Gasteiger partial charge in [0.25, 0.3) is 0 Å². The fourth-order valence-electron chi connectivity index (χ4n) is 3.32. The van der Waals surface area contributed by atoms with Crippen molar-refractivity contribution in [2.24, 2.45) is 0 Å². The molecule has 0 bridgehead atoms. The first-order chi connectivity index (χ1) is 10.2. The van der Waals surface area contributed by atoms with E-state index in [9.17, 15) is 0 Å². The number of hydrogen-bond acceptors (Lipinski definition) is 4. The molecular weight excluding hydrogens is 260 g/mol. The Morgan fingerprint density at radius 2 is 2.00 bits per heavy atom. The van der Waals surface area contributed by atoms with E-state index in [2.05, 4.69) is 36.0 Å². The standard InChI is InChI=1S/C17H30N4/c1-5-9-14-11-7-8-12-21(14)17-13(3)16(18-4)19-15(20-17)10-6-2/h14H,5-12H2,1-4H3,(H,18,19,20). The lowest BCUT2D eigenvalue weighted by atomic mass is 9.97. The summed E-state index contributed by atoms with van der Waals surface area (Å²) in [7, 11) is 1.95. The number of piperidine rings is 1. The Morgan fingerprint density at radius 1 is 1.19 bits per heavy atom. The van der Waals surface area contributed by atoms with Gasteiger partial charge in [0.05, 0.1) is 0 Å². The maximum atomic E-state index is 4.90. The Balaban J connectivity index is 2.37. The van der Waals surface area contributed by atoms with E-state index in [0.29, 0.717) is 6.04 Å². The second kappa shape index (κ2) is 7.62. The molecule has 118 valence electrons. The molecule has 2 rings (SSSR count). The zero-order valence-corrected chi connectivity index (χ0v) is 14.1. The first-order valence-corrected chi connectivity index (χ1v) is 8.53. The fraction of sp³-hybridized carbons (Fsp3) is 0.765. The van der Waals surface area contributed by atoms with Crippen LogP contribution < -0.4 is 10.2 Å². The summed E-state index contributed by atoms with van der Waals surface area (Å²) >= 11 is 0. The second-order valence-electron chi connectivity index (χ2n) is 6.07. The normalized spacial score (nSPS) is 18.9. The molecule has 1 aromatic heterocycles. The van der Waals surface area contributed by atoms with Crippen LogP contribution in [-0.2, 0) is 6.42 Å². The molecule has 1 atom stereocenters. The van der Waals surface area contributed by atoms with Crippen LogP contribution in [0.25, 0.3) is 0 Å². The van der Waals surface area contributed by atoms with Crippen LogP contribution in [-0.4, -0.2) is 29.6 Å². The Kier molecular flexibility index (Phi) is 5.83. The molecule has 0 aromatic carbocycles. The number of aryl methyl sites for hydroxylation is 1. The van der Waals surface area contributed by atoms with Crippen LogP contribution in [0, 0.1) is 6.92 Å². The van der Waals surface area contributed by atoms with Gasteiger partial charge in [0.1, 0.15) is 17.5 Å². The van der Waals surface area contributed by atoms with Crippen molar-refractivity contribution in [1.82, 2.24) is 9.97 Å². The molecular formula is C17H30N4. The van der Waals surface area contributed by atoms with E-state index in [-0.39, 0.29) is 0 Å². The minimum absolute atomic E-state index is 0.650. The maximum absolute atomic E-state index is 4.90. The van der Waals surface area contributed by atoms with Gasteiger partial charge in [0, 0.05) is 31.6 Å². The number of anilines is 2. The third-order valence-electron chi connectivity index (χ3n) is 4.40. The van der Waals surface area contributed by atoms with Crippen molar-refractivity contribution >= 4 is 11.6 Å². The van der Waals surface area contributed by atoms with Gasteiger partial charge in [-0.3, -0.25) is 0 Å². The van der Waals surface area contributed by atoms with Gasteiger partial charge in [0.2, 0.25) is 0 Å². The Morgan fingerprint density at radius 3 is 2.67 bits per heavy atom. The highest BCUT2D eigenvalue weighted by Crippen LogP contribution is 2.31. The van der Waals surface area contributed by atoms with Crippen LogP contribution in [0.4, 0.5) is 11.6 Å². The molecule has 1 fully saturated rings. The molecule has 1 aliphatic heterocycles. The van der Waals surface area contributed by atoms with Crippen LogP contribution >= 0.6 is 0 Å². The predicted octanol–water partition coefficient (Wildman–Crippen LogP) is 3.94. The van der Waals surface area contributed by atoms with Crippen molar-refractivity contribution in [1.29, 1.82) is 0 Å². The molecule has 1 aromatic rings. The molecule has 0 spiro atoms. The molecule has 0 aliphatic carbocycles. The molecule has 1 unspecified atom stereocenters. The van der Waals surface area contributed by atoms with E-state index in [1.54, 1.807) is 0 Å². The van der Waals surface area contributed by atoms with E-state index >= 15 is 0 Å². The largest absolute Gasteiger partial charge is 0.373 e. The number of nitrogens with one attached hydrogen (secondary N) is 1. The van der Waals surface area contributed by atoms with Gasteiger partial charge in [0.15, 0.2) is 0 Å². The summed E-state index contributed by atoms with van der Waals surface area (Å²) in [4.78, 5) is 12.1. The maximum Gasteiger partial charge on any atom is 0.137 e. The van der Waals surface area contributed by atoms with Gasteiger partial charge in [-0.2, -0.15) is 0 Å². The van der Waals surface area contributed by atoms with E-state index in [0.717, 1.165) is 36.8 Å². The van der Waals surface area contributed by atoms with E-state index in [1.165, 1.54) is 37.7 Å². The molecule has 0 saturated carbocycles. The molecule has 1 aliphatic rings. The van der Waals surface area contributed by atoms with Crippen LogP contribution in [0.5, 0.6) is 0 Å². The Bertz CT molecular complexity index is 456. The summed E-state index contributed by atoms with van der Waals surface area (Å²) in [6.45, 7) is 7.75. The van der Waals surface area contributed by atoms with Crippen molar-refractivity contribution in [3.05, 3.63) is 11.4 Å². The van der Waals surface area contributed by atoms with Gasteiger partial charge < -0.3 is 10.2 Å². The average molecular weight is 290 g/mol. The van der Waals surface area contributed by atoms with E-state index < -0.39 is 0 Å². The van der Waals surface area contributed by atoms with E-state index in [4.69, 9.17) is 4.98 Å². The van der Waals surface area contributed by atoms with Crippen LogP contribution in [0.2, 0.25) is 0 Å². The topological polar surface area (TPSA) is 41.1 Å². The van der Waals surface area contributed by atoms with E-state index in [1.807, 2.05) is 7.05 Å². The predicted molar refractivity (Wildman–Crippen MR) is 90.2 cm³/mol. The minimum atomic E-state index is 0.650. The van der Waals surface area contributed by atoms with Gasteiger partial charge in [-0.1, -0.05) is 20.3 Å². The Labute approximate surface area is 129 Å². The minimum Gasteiger partial charge on any atom is -0.373 e. The number of aromatic nitrogens is 2. The monoisotopic (exact) mass is 290 g/mol. The molecule has 0 amide bonds. The molecule has 4 heteroatoms. The lowest BCUT2D eigenvalue weighted by molar-refractivity contribution is 0.430. The van der Waals surface area contributed by atoms with Crippen LogP contribution in [0.1, 0.15) is 63.8 Å². The summed E-state index contributed by atoms with van der Waals surface area (Å²) in [5.74, 6) is 3.13. The van der Waals surface area contributed by atoms with Crippen molar-refractivity contribution < 1.29 is 0 Å². The quantitative estimate of drug-likeness (QED) is 0.861. The molecule has 4 nitrogen and oxygen atoms in total. The zero-order valence-electron chi connectivity index (χ0n) is 14.1. The fourth-order valence-corrected chi connectivity index (χ4v) is 3.32. The molecule has 0 radical (unpaired) electrons. The highest BCUT2D eigenvalue weighted by molar-refractivity contribution is 5.59. The Hall–Kier alpha value is -1.32. The van der Waals surface area contributed by atoms with Gasteiger partial charge in [-0.05, 0) is 39.0 Å². The summed E-state index contributed by atoms with van der Waals surface area (Å²) in [5, 5.41) is 3.24. The number of hydrogen-bond donors (Lipinski definition) is 1. The first-order valence-electron chi connectivity index (χ1n) is 8.53. The van der Waals surface area contributed by atoms with Gasteiger partial charge in [-0.15, -0.1) is 0 Å². The smallest absolute Gasteiger partial charge is 0.137 e. The highest BCUT2D eigenvalue weighted by atomic mass is 15.2. The average Bonchev–Trinajstić information content (AvgIpc) is 2.50. The van der Waals surface area contributed by atoms with Gasteiger partial charge >= 0.3 is 0 Å². The van der Waals surface area contributed by atoms with Crippen molar-refractivity contribution in [2.75, 3.05) is 23.8 Å². The van der Waals surface area contributed by atoms with Crippen LogP contribution in [0.3, 0.4) is 0 Å². The third-order valence-corrected chi connectivity index (χ3v) is 4.40. The second-order valence-corrected chi connectivity index (χ2v) is 6.07. The highest BCUT2D eigenvalue weighted by Gasteiger charge is 2.25. The lowest BCUT2D eigenvalue weighted by Gasteiger charge is -2.38. The number of nitrogens with zero attached hydrogens (tertiary/aromatic N) is 3. The molecule has 21 heavy (non-hydrogen) atoms. The lowest BCUT2D eigenvalue weighted by Crippen LogP contribution is -2.40.